The van der Waals surface area contributed by atoms with E-state index in [1.807, 2.05) is 0 Å². The van der Waals surface area contributed by atoms with Gasteiger partial charge in [0.05, 0.1) is 10.2 Å². The number of aromatic nitrogens is 1. The molecule has 0 spiro atoms. The molecule has 30 heavy (non-hydrogen) atoms. The normalized spacial score (nSPS) is 10.8. The first kappa shape index (κ1) is 24.3. The minimum atomic E-state index is -0.320. The fourth-order valence-electron chi connectivity index (χ4n) is 2.86. The highest BCUT2D eigenvalue weighted by Crippen LogP contribution is 2.29. The summed E-state index contributed by atoms with van der Waals surface area (Å²) in [6.45, 7) is 7.02. The van der Waals surface area contributed by atoms with Crippen molar-refractivity contribution in [2.24, 2.45) is 0 Å². The fourth-order valence-corrected chi connectivity index (χ4v) is 4.02. The van der Waals surface area contributed by atoms with Crippen LogP contribution in [0.3, 0.4) is 0 Å². The van der Waals surface area contributed by atoms with E-state index in [0.29, 0.717) is 39.2 Å². The van der Waals surface area contributed by atoms with E-state index in [1.54, 1.807) is 35.2 Å². The fraction of sp³-hybridized carbons (Fsp3) is 0.333. The van der Waals surface area contributed by atoms with Crippen LogP contribution in [0.1, 0.15) is 13.8 Å². The molecule has 1 heterocycles. The Morgan fingerprint density at radius 2 is 1.83 bits per heavy atom. The molecule has 0 unspecified atom stereocenters. The van der Waals surface area contributed by atoms with Crippen molar-refractivity contribution in [2.75, 3.05) is 37.7 Å². The second-order valence-corrected chi connectivity index (χ2v) is 7.87. The Labute approximate surface area is 190 Å². The Balaban J connectivity index is 0.00000320. The van der Waals surface area contributed by atoms with Crippen molar-refractivity contribution < 1.29 is 13.9 Å². The van der Waals surface area contributed by atoms with Gasteiger partial charge in [-0.3, -0.25) is 9.69 Å². The number of hydrogen-bond acceptors (Lipinski definition) is 5. The molecule has 5 nitrogen and oxygen atoms in total. The number of thiazole rings is 1. The van der Waals surface area contributed by atoms with Gasteiger partial charge in [-0.2, -0.15) is 0 Å². The van der Waals surface area contributed by atoms with Crippen LogP contribution in [0.15, 0.2) is 42.5 Å². The molecule has 0 bridgehead atoms. The second-order valence-electron chi connectivity index (χ2n) is 6.42. The highest BCUT2D eigenvalue weighted by Gasteiger charge is 2.21. The molecule has 1 aromatic heterocycles. The minimum Gasteiger partial charge on any atom is -0.484 e. The van der Waals surface area contributed by atoms with Crippen LogP contribution < -0.4 is 9.64 Å². The van der Waals surface area contributed by atoms with Gasteiger partial charge in [-0.15, -0.1) is 12.4 Å². The Morgan fingerprint density at radius 3 is 2.50 bits per heavy atom. The zero-order chi connectivity index (χ0) is 20.8. The Bertz CT molecular complexity index is 965. The molecule has 3 aromatic rings. The average molecular weight is 472 g/mol. The summed E-state index contributed by atoms with van der Waals surface area (Å²) in [6, 6.07) is 11.3. The Kier molecular flexibility index (Phi) is 9.30. The number of amides is 1. The van der Waals surface area contributed by atoms with E-state index in [9.17, 15) is 9.18 Å². The summed E-state index contributed by atoms with van der Waals surface area (Å²) in [5, 5.41) is 1.15. The average Bonchev–Trinajstić information content (AvgIpc) is 3.13. The van der Waals surface area contributed by atoms with E-state index in [4.69, 9.17) is 16.3 Å². The van der Waals surface area contributed by atoms with Crippen molar-refractivity contribution in [2.45, 2.75) is 13.8 Å². The van der Waals surface area contributed by atoms with Gasteiger partial charge >= 0.3 is 0 Å². The van der Waals surface area contributed by atoms with Gasteiger partial charge in [-0.1, -0.05) is 36.8 Å². The molecule has 0 aliphatic heterocycles. The van der Waals surface area contributed by atoms with Gasteiger partial charge in [0.2, 0.25) is 0 Å². The van der Waals surface area contributed by atoms with Crippen molar-refractivity contribution in [1.29, 1.82) is 0 Å². The number of hydrogen-bond donors (Lipinski definition) is 0. The van der Waals surface area contributed by atoms with Crippen LogP contribution in [0.2, 0.25) is 5.02 Å². The largest absolute Gasteiger partial charge is 0.484 e. The van der Waals surface area contributed by atoms with Crippen LogP contribution in [0, 0.1) is 5.82 Å². The number of likely N-dealkylation sites (N-methyl/N-ethyl adjacent to an activating group) is 1. The number of anilines is 1. The number of rotatable bonds is 9. The number of ether oxygens (including phenoxy) is 1. The molecule has 0 N–H and O–H groups in total. The molecule has 0 saturated heterocycles. The lowest BCUT2D eigenvalue weighted by Gasteiger charge is -2.24. The first-order chi connectivity index (χ1) is 14.0. The lowest BCUT2D eigenvalue weighted by Crippen LogP contribution is -2.41. The van der Waals surface area contributed by atoms with E-state index in [1.165, 1.54) is 23.5 Å². The topological polar surface area (TPSA) is 45.7 Å². The Hall–Kier alpha value is -1.93. The number of halogens is 3. The van der Waals surface area contributed by atoms with Gasteiger partial charge in [-0.25, -0.2) is 9.37 Å². The van der Waals surface area contributed by atoms with Crippen molar-refractivity contribution in [3.63, 3.8) is 0 Å². The monoisotopic (exact) mass is 471 g/mol. The highest BCUT2D eigenvalue weighted by molar-refractivity contribution is 7.22. The lowest BCUT2D eigenvalue weighted by atomic mass is 10.3. The van der Waals surface area contributed by atoms with E-state index in [2.05, 4.69) is 23.7 Å². The van der Waals surface area contributed by atoms with Gasteiger partial charge in [-0.05, 0) is 55.6 Å². The Morgan fingerprint density at radius 1 is 1.13 bits per heavy atom. The van der Waals surface area contributed by atoms with Crippen molar-refractivity contribution >= 4 is 56.6 Å². The van der Waals surface area contributed by atoms with Gasteiger partial charge < -0.3 is 9.64 Å². The lowest BCUT2D eigenvalue weighted by molar-refractivity contribution is -0.120. The van der Waals surface area contributed by atoms with Gasteiger partial charge in [0.1, 0.15) is 11.6 Å². The first-order valence-corrected chi connectivity index (χ1v) is 10.7. The van der Waals surface area contributed by atoms with E-state index < -0.39 is 0 Å². The highest BCUT2D eigenvalue weighted by atomic mass is 35.5. The smallest absolute Gasteiger partial charge is 0.266 e. The molecule has 162 valence electrons. The third-order valence-electron chi connectivity index (χ3n) is 4.58. The maximum atomic E-state index is 13.6. The number of benzene rings is 2. The molecule has 9 heteroatoms. The molecule has 1 amide bonds. The van der Waals surface area contributed by atoms with Crippen LogP contribution >= 0.6 is 35.3 Å². The van der Waals surface area contributed by atoms with Gasteiger partial charge in [0.15, 0.2) is 11.7 Å². The van der Waals surface area contributed by atoms with Crippen LogP contribution in [-0.2, 0) is 4.79 Å². The molecule has 0 fully saturated rings. The van der Waals surface area contributed by atoms with Crippen molar-refractivity contribution in [3.8, 4) is 5.75 Å². The van der Waals surface area contributed by atoms with Crippen LogP contribution in [0.4, 0.5) is 9.52 Å². The number of nitrogens with zero attached hydrogens (tertiary/aromatic N) is 3. The van der Waals surface area contributed by atoms with Gasteiger partial charge in [0.25, 0.3) is 5.91 Å². The van der Waals surface area contributed by atoms with Crippen LogP contribution in [0.5, 0.6) is 5.75 Å². The molecule has 0 atom stereocenters. The zero-order valence-corrected chi connectivity index (χ0v) is 19.2. The molecule has 0 radical (unpaired) electrons. The summed E-state index contributed by atoms with van der Waals surface area (Å²) in [4.78, 5) is 21.4. The van der Waals surface area contributed by atoms with Crippen molar-refractivity contribution in [3.05, 3.63) is 53.3 Å². The molecule has 0 saturated carbocycles. The maximum Gasteiger partial charge on any atom is 0.266 e. The molecule has 0 aliphatic rings. The van der Waals surface area contributed by atoms with Crippen LogP contribution in [0.25, 0.3) is 10.2 Å². The maximum absolute atomic E-state index is 13.6. The molecule has 0 aliphatic carbocycles. The summed E-state index contributed by atoms with van der Waals surface area (Å²) >= 11 is 7.18. The van der Waals surface area contributed by atoms with Gasteiger partial charge in [0, 0.05) is 18.1 Å². The predicted octanol–water partition coefficient (Wildman–Crippen LogP) is 5.26. The van der Waals surface area contributed by atoms with E-state index in [0.717, 1.165) is 13.1 Å². The summed E-state index contributed by atoms with van der Waals surface area (Å²) in [5.41, 5.74) is 0.672. The minimum absolute atomic E-state index is 0. The summed E-state index contributed by atoms with van der Waals surface area (Å²) in [5.74, 6) is 0.0456. The second kappa shape index (κ2) is 11.5. The first-order valence-electron chi connectivity index (χ1n) is 9.47. The predicted molar refractivity (Wildman–Crippen MR) is 124 cm³/mol. The number of carbonyl (C=O) groups excluding carboxylic acids is 1. The molecular weight excluding hydrogens is 448 g/mol. The molecular formula is C21H24Cl2FN3O2S. The summed E-state index contributed by atoms with van der Waals surface area (Å²) < 4.78 is 19.9. The molecule has 2 aromatic carbocycles. The quantitative estimate of drug-likeness (QED) is 0.426. The van der Waals surface area contributed by atoms with E-state index in [-0.39, 0.29) is 30.7 Å². The zero-order valence-electron chi connectivity index (χ0n) is 16.8. The third-order valence-corrected chi connectivity index (χ3v) is 5.87. The van der Waals surface area contributed by atoms with E-state index >= 15 is 0 Å². The van der Waals surface area contributed by atoms with Crippen LogP contribution in [-0.4, -0.2) is 48.6 Å². The SMILES string of the molecule is CCN(CC)CCN(C(=O)COc1ccc(Cl)cc1)c1nc2ccc(F)cc2s1.Cl. The number of fused-ring (bicyclic) bond motifs is 1. The summed E-state index contributed by atoms with van der Waals surface area (Å²) in [7, 11) is 0. The number of carbonyl (C=O) groups is 1. The third kappa shape index (κ3) is 6.28. The standard InChI is InChI=1S/C21H23ClFN3O2S.ClH/c1-3-25(4-2)11-12-26(20(27)14-28-17-8-5-15(22)6-9-17)21-24-18-10-7-16(23)13-19(18)29-21;/h5-10,13H,3-4,11-12,14H2,1-2H3;1H. The molecule has 3 rings (SSSR count). The van der Waals surface area contributed by atoms with Crippen molar-refractivity contribution in [1.82, 2.24) is 9.88 Å². The summed E-state index contributed by atoms with van der Waals surface area (Å²) in [6.07, 6.45) is 0.